The Morgan fingerprint density at radius 3 is 2.94 bits per heavy atom. The highest BCUT2D eigenvalue weighted by Gasteiger charge is 2.29. The molecule has 5 heteroatoms. The first-order valence-electron chi connectivity index (χ1n) is 6.17. The summed E-state index contributed by atoms with van der Waals surface area (Å²) in [6.07, 6.45) is 2.68. The van der Waals surface area contributed by atoms with Gasteiger partial charge in [0.25, 0.3) is 0 Å². The van der Waals surface area contributed by atoms with Gasteiger partial charge in [-0.15, -0.1) is 0 Å². The molecule has 0 radical (unpaired) electrons. The molecule has 0 saturated heterocycles. The summed E-state index contributed by atoms with van der Waals surface area (Å²) in [5.41, 5.74) is 6.63. The number of amides is 1. The summed E-state index contributed by atoms with van der Waals surface area (Å²) in [4.78, 5) is 11.8. The van der Waals surface area contributed by atoms with Gasteiger partial charge in [-0.2, -0.15) is 0 Å². The minimum Gasteiger partial charge on any atom is -0.454 e. The Labute approximate surface area is 105 Å². The fraction of sp³-hybridized carbons (Fsp3) is 0.462. The van der Waals surface area contributed by atoms with Crippen LogP contribution in [0.3, 0.4) is 0 Å². The third kappa shape index (κ3) is 2.41. The van der Waals surface area contributed by atoms with Crippen molar-refractivity contribution in [2.45, 2.75) is 25.3 Å². The van der Waals surface area contributed by atoms with E-state index in [1.165, 1.54) is 0 Å². The van der Waals surface area contributed by atoms with E-state index in [0.717, 1.165) is 12.8 Å². The summed E-state index contributed by atoms with van der Waals surface area (Å²) < 4.78 is 10.5. The second kappa shape index (κ2) is 4.49. The molecule has 1 amide bonds. The zero-order valence-corrected chi connectivity index (χ0v) is 10.0. The molecule has 5 nitrogen and oxygen atoms in total. The normalized spacial score (nSPS) is 18.5. The van der Waals surface area contributed by atoms with Gasteiger partial charge in [0.1, 0.15) is 0 Å². The number of benzene rings is 1. The number of ether oxygens (including phenoxy) is 2. The molecular formula is C13H16N2O3. The zero-order valence-electron chi connectivity index (χ0n) is 10.0. The first kappa shape index (κ1) is 11.3. The summed E-state index contributed by atoms with van der Waals surface area (Å²) in [5.74, 6) is 1.86. The van der Waals surface area contributed by atoms with Gasteiger partial charge in [0.2, 0.25) is 12.7 Å². The zero-order chi connectivity index (χ0) is 12.5. The molecular weight excluding hydrogens is 232 g/mol. The second-order valence-electron chi connectivity index (χ2n) is 4.82. The van der Waals surface area contributed by atoms with Crippen molar-refractivity contribution in [2.24, 2.45) is 11.7 Å². The Balaban J connectivity index is 1.59. The van der Waals surface area contributed by atoms with Crippen LogP contribution in [0.15, 0.2) is 18.2 Å². The molecule has 1 aliphatic heterocycles. The average molecular weight is 248 g/mol. The van der Waals surface area contributed by atoms with Crippen LogP contribution in [0.2, 0.25) is 0 Å². The third-order valence-electron chi connectivity index (χ3n) is 3.30. The van der Waals surface area contributed by atoms with Gasteiger partial charge >= 0.3 is 0 Å². The number of carbonyl (C=O) groups excluding carboxylic acids is 1. The number of nitrogens with one attached hydrogen (secondary N) is 1. The van der Waals surface area contributed by atoms with E-state index in [-0.39, 0.29) is 18.7 Å². The van der Waals surface area contributed by atoms with E-state index >= 15 is 0 Å². The van der Waals surface area contributed by atoms with Gasteiger partial charge in [0, 0.05) is 24.2 Å². The molecule has 1 aliphatic carbocycles. The maximum atomic E-state index is 11.8. The molecule has 1 aromatic carbocycles. The maximum absolute atomic E-state index is 11.8. The molecule has 1 unspecified atom stereocenters. The predicted molar refractivity (Wildman–Crippen MR) is 66.5 cm³/mol. The second-order valence-corrected chi connectivity index (χ2v) is 4.82. The van der Waals surface area contributed by atoms with Gasteiger partial charge in [-0.3, -0.25) is 4.79 Å². The molecule has 18 heavy (non-hydrogen) atoms. The summed E-state index contributed by atoms with van der Waals surface area (Å²) in [7, 11) is 0. The highest BCUT2D eigenvalue weighted by atomic mass is 16.7. The van der Waals surface area contributed by atoms with Crippen LogP contribution in [0.4, 0.5) is 5.69 Å². The van der Waals surface area contributed by atoms with Crippen molar-refractivity contribution in [3.63, 3.8) is 0 Å². The van der Waals surface area contributed by atoms with Gasteiger partial charge in [0.15, 0.2) is 11.5 Å². The summed E-state index contributed by atoms with van der Waals surface area (Å²) in [5, 5.41) is 2.83. The summed E-state index contributed by atoms with van der Waals surface area (Å²) >= 11 is 0. The molecule has 1 heterocycles. The minimum absolute atomic E-state index is 0.0148. The van der Waals surface area contributed by atoms with Crippen LogP contribution in [-0.2, 0) is 4.79 Å². The van der Waals surface area contributed by atoms with Gasteiger partial charge in [-0.1, -0.05) is 0 Å². The molecule has 3 N–H and O–H groups in total. The predicted octanol–water partition coefficient (Wildman–Crippen LogP) is 1.48. The maximum Gasteiger partial charge on any atom is 0.231 e. The molecule has 1 fully saturated rings. The van der Waals surface area contributed by atoms with Crippen molar-refractivity contribution in [2.75, 3.05) is 12.1 Å². The molecule has 3 rings (SSSR count). The standard InChI is InChI=1S/C13H16N2O3/c14-10(8-1-2-8)6-13(16)15-9-3-4-11-12(5-9)18-7-17-11/h3-5,8,10H,1-2,6-7,14H2,(H,15,16). The van der Waals surface area contributed by atoms with Gasteiger partial charge in [0.05, 0.1) is 0 Å². The number of fused-ring (bicyclic) bond motifs is 1. The lowest BCUT2D eigenvalue weighted by Gasteiger charge is -2.10. The van der Waals surface area contributed by atoms with E-state index in [9.17, 15) is 4.79 Å². The van der Waals surface area contributed by atoms with Crippen LogP contribution in [0, 0.1) is 5.92 Å². The van der Waals surface area contributed by atoms with Crippen molar-refractivity contribution in [1.82, 2.24) is 0 Å². The highest BCUT2D eigenvalue weighted by molar-refractivity contribution is 5.91. The Kier molecular flexibility index (Phi) is 2.83. The number of nitrogens with two attached hydrogens (primary N) is 1. The Bertz CT molecular complexity index is 471. The van der Waals surface area contributed by atoms with Crippen LogP contribution in [0.25, 0.3) is 0 Å². The third-order valence-corrected chi connectivity index (χ3v) is 3.30. The Hall–Kier alpha value is -1.75. The summed E-state index contributed by atoms with van der Waals surface area (Å²) in [6, 6.07) is 5.34. The molecule has 0 aromatic heterocycles. The fourth-order valence-corrected chi connectivity index (χ4v) is 2.09. The molecule has 1 aromatic rings. The fourth-order valence-electron chi connectivity index (χ4n) is 2.09. The van der Waals surface area contributed by atoms with E-state index in [0.29, 0.717) is 29.5 Å². The van der Waals surface area contributed by atoms with E-state index in [1.807, 2.05) is 0 Å². The first-order chi connectivity index (χ1) is 8.72. The number of carbonyl (C=O) groups is 1. The van der Waals surface area contributed by atoms with Gasteiger partial charge in [-0.05, 0) is 30.9 Å². The lowest BCUT2D eigenvalue weighted by Crippen LogP contribution is -2.28. The Morgan fingerprint density at radius 1 is 1.39 bits per heavy atom. The molecule has 1 atom stereocenters. The topological polar surface area (TPSA) is 73.6 Å². The smallest absolute Gasteiger partial charge is 0.231 e. The van der Waals surface area contributed by atoms with Crippen molar-refractivity contribution >= 4 is 11.6 Å². The van der Waals surface area contributed by atoms with Crippen LogP contribution < -0.4 is 20.5 Å². The molecule has 1 saturated carbocycles. The molecule has 96 valence electrons. The first-order valence-corrected chi connectivity index (χ1v) is 6.17. The quantitative estimate of drug-likeness (QED) is 0.846. The van der Waals surface area contributed by atoms with Crippen molar-refractivity contribution in [3.05, 3.63) is 18.2 Å². The van der Waals surface area contributed by atoms with Gasteiger partial charge < -0.3 is 20.5 Å². The van der Waals surface area contributed by atoms with E-state index in [2.05, 4.69) is 5.32 Å². The molecule has 0 bridgehead atoms. The van der Waals surface area contributed by atoms with E-state index in [4.69, 9.17) is 15.2 Å². The van der Waals surface area contributed by atoms with Crippen LogP contribution >= 0.6 is 0 Å². The number of hydrogen-bond donors (Lipinski definition) is 2. The average Bonchev–Trinajstić information content (AvgIpc) is 3.08. The lowest BCUT2D eigenvalue weighted by atomic mass is 10.1. The number of hydrogen-bond acceptors (Lipinski definition) is 4. The highest BCUT2D eigenvalue weighted by Crippen LogP contribution is 2.35. The van der Waals surface area contributed by atoms with Gasteiger partial charge in [-0.25, -0.2) is 0 Å². The molecule has 2 aliphatic rings. The van der Waals surface area contributed by atoms with E-state index in [1.54, 1.807) is 18.2 Å². The van der Waals surface area contributed by atoms with Crippen LogP contribution in [0.1, 0.15) is 19.3 Å². The van der Waals surface area contributed by atoms with Crippen molar-refractivity contribution in [3.8, 4) is 11.5 Å². The SMILES string of the molecule is NC(CC(=O)Nc1ccc2c(c1)OCO2)C1CC1. The largest absolute Gasteiger partial charge is 0.454 e. The van der Waals surface area contributed by atoms with Crippen molar-refractivity contribution < 1.29 is 14.3 Å². The number of anilines is 1. The summed E-state index contributed by atoms with van der Waals surface area (Å²) in [6.45, 7) is 0.235. The van der Waals surface area contributed by atoms with Crippen LogP contribution in [0.5, 0.6) is 11.5 Å². The molecule has 0 spiro atoms. The van der Waals surface area contributed by atoms with E-state index < -0.39 is 0 Å². The van der Waals surface area contributed by atoms with Crippen LogP contribution in [-0.4, -0.2) is 18.7 Å². The lowest BCUT2D eigenvalue weighted by molar-refractivity contribution is -0.116. The Morgan fingerprint density at radius 2 is 2.17 bits per heavy atom. The monoisotopic (exact) mass is 248 g/mol. The van der Waals surface area contributed by atoms with Crippen molar-refractivity contribution in [1.29, 1.82) is 0 Å². The number of rotatable bonds is 4. The minimum atomic E-state index is -0.0479.